The van der Waals surface area contributed by atoms with E-state index < -0.39 is 5.91 Å². The van der Waals surface area contributed by atoms with Gasteiger partial charge in [-0.1, -0.05) is 0 Å². The highest BCUT2D eigenvalue weighted by molar-refractivity contribution is 9.10. The molecule has 19 heavy (non-hydrogen) atoms. The number of phenolic OH excluding ortho intramolecular Hbond substituents is 2. The number of carbonyl (C=O) groups excluding carboxylic acids is 1. The molecule has 2 rings (SSSR count). The smallest absolute Gasteiger partial charge is 0.259 e. The summed E-state index contributed by atoms with van der Waals surface area (Å²) in [4.78, 5) is 11.9. The number of halogens is 1. The van der Waals surface area contributed by atoms with Crippen LogP contribution in [0.3, 0.4) is 0 Å². The Kier molecular flexibility index (Phi) is 3.62. The number of nitrogens with two attached hydrogens (primary N) is 1. The third kappa shape index (κ3) is 2.97. The Labute approximate surface area is 117 Å². The molecule has 6 heteroatoms. The zero-order valence-electron chi connectivity index (χ0n) is 9.72. The highest BCUT2D eigenvalue weighted by Gasteiger charge is 2.12. The highest BCUT2D eigenvalue weighted by atomic mass is 79.9. The third-order valence-corrected chi connectivity index (χ3v) is 3.20. The lowest BCUT2D eigenvalue weighted by molar-refractivity contribution is 0.102. The summed E-state index contributed by atoms with van der Waals surface area (Å²) in [5.74, 6) is -0.839. The van der Waals surface area contributed by atoms with Gasteiger partial charge in [0.25, 0.3) is 5.91 Å². The molecule has 0 atom stereocenters. The molecule has 0 aliphatic heterocycles. The molecule has 0 fully saturated rings. The normalized spacial score (nSPS) is 10.2. The van der Waals surface area contributed by atoms with E-state index in [4.69, 9.17) is 5.73 Å². The minimum absolute atomic E-state index is 0.0125. The lowest BCUT2D eigenvalue weighted by Gasteiger charge is -2.08. The average Bonchev–Trinajstić information content (AvgIpc) is 2.36. The molecular weight excluding hydrogens is 312 g/mol. The van der Waals surface area contributed by atoms with Gasteiger partial charge in [-0.15, -0.1) is 0 Å². The van der Waals surface area contributed by atoms with Gasteiger partial charge in [0.2, 0.25) is 0 Å². The number of rotatable bonds is 2. The Morgan fingerprint density at radius 3 is 2.58 bits per heavy atom. The first kappa shape index (κ1) is 13.2. The van der Waals surface area contributed by atoms with Crippen LogP contribution in [0.4, 0.5) is 11.4 Å². The second-order valence-corrected chi connectivity index (χ2v) is 4.75. The van der Waals surface area contributed by atoms with E-state index in [0.717, 1.165) is 4.47 Å². The maximum Gasteiger partial charge on any atom is 0.259 e. The number of nitrogen functional groups attached to an aromatic ring is 1. The number of nitrogens with one attached hydrogen (secondary N) is 1. The predicted octanol–water partition coefficient (Wildman–Crippen LogP) is 2.69. The first-order valence-electron chi connectivity index (χ1n) is 5.36. The SMILES string of the molecule is Nc1cc(NC(=O)c2cc(O)ccc2O)ccc1Br. The van der Waals surface area contributed by atoms with Crippen molar-refractivity contribution in [2.75, 3.05) is 11.1 Å². The van der Waals surface area contributed by atoms with Crippen LogP contribution >= 0.6 is 15.9 Å². The van der Waals surface area contributed by atoms with E-state index in [9.17, 15) is 15.0 Å². The molecule has 0 unspecified atom stereocenters. The fourth-order valence-corrected chi connectivity index (χ4v) is 1.77. The molecule has 5 nitrogen and oxygen atoms in total. The van der Waals surface area contributed by atoms with Gasteiger partial charge in [0, 0.05) is 15.8 Å². The monoisotopic (exact) mass is 322 g/mol. The van der Waals surface area contributed by atoms with Crippen molar-refractivity contribution < 1.29 is 15.0 Å². The molecule has 0 saturated heterocycles. The minimum atomic E-state index is -0.532. The van der Waals surface area contributed by atoms with Crippen LogP contribution in [0.5, 0.6) is 11.5 Å². The molecule has 0 saturated carbocycles. The van der Waals surface area contributed by atoms with Crippen LogP contribution in [-0.4, -0.2) is 16.1 Å². The van der Waals surface area contributed by atoms with Crippen molar-refractivity contribution in [3.63, 3.8) is 0 Å². The van der Waals surface area contributed by atoms with Crippen LogP contribution in [0.25, 0.3) is 0 Å². The van der Waals surface area contributed by atoms with Gasteiger partial charge in [0.1, 0.15) is 11.5 Å². The maximum atomic E-state index is 11.9. The number of aromatic hydroxyl groups is 2. The summed E-state index contributed by atoms with van der Waals surface area (Å²) < 4.78 is 0.728. The molecule has 5 N–H and O–H groups in total. The van der Waals surface area contributed by atoms with E-state index in [1.807, 2.05) is 0 Å². The lowest BCUT2D eigenvalue weighted by Crippen LogP contribution is -2.12. The van der Waals surface area contributed by atoms with Gasteiger partial charge in [0.05, 0.1) is 5.56 Å². The first-order valence-corrected chi connectivity index (χ1v) is 6.15. The zero-order valence-corrected chi connectivity index (χ0v) is 11.3. The molecule has 0 bridgehead atoms. The summed E-state index contributed by atoms with van der Waals surface area (Å²) in [6.07, 6.45) is 0. The molecule has 0 heterocycles. The zero-order chi connectivity index (χ0) is 14.0. The van der Waals surface area contributed by atoms with Gasteiger partial charge in [-0.2, -0.15) is 0 Å². The standard InChI is InChI=1S/C13H11BrN2O3/c14-10-3-1-7(5-11(10)15)16-13(19)9-6-8(17)2-4-12(9)18/h1-6,17-18H,15H2,(H,16,19). The molecule has 0 aliphatic carbocycles. The fourth-order valence-electron chi connectivity index (χ4n) is 1.53. The molecule has 1 amide bonds. The van der Waals surface area contributed by atoms with E-state index in [1.165, 1.54) is 18.2 Å². The van der Waals surface area contributed by atoms with Crippen LogP contribution in [-0.2, 0) is 0 Å². The fraction of sp³-hybridized carbons (Fsp3) is 0. The number of hydrogen-bond donors (Lipinski definition) is 4. The second kappa shape index (κ2) is 5.19. The summed E-state index contributed by atoms with van der Waals surface area (Å²) in [5, 5.41) is 21.5. The molecule has 0 aliphatic rings. The first-order chi connectivity index (χ1) is 8.97. The quantitative estimate of drug-likeness (QED) is 0.505. The van der Waals surface area contributed by atoms with Gasteiger partial charge in [-0.25, -0.2) is 0 Å². The summed E-state index contributed by atoms with van der Waals surface area (Å²) in [6, 6.07) is 8.68. The summed E-state index contributed by atoms with van der Waals surface area (Å²) in [6.45, 7) is 0. The predicted molar refractivity (Wildman–Crippen MR) is 76.3 cm³/mol. The lowest BCUT2D eigenvalue weighted by atomic mass is 10.1. The van der Waals surface area contributed by atoms with E-state index in [2.05, 4.69) is 21.2 Å². The van der Waals surface area contributed by atoms with Crippen molar-refractivity contribution in [3.05, 3.63) is 46.4 Å². The number of benzene rings is 2. The summed E-state index contributed by atoms with van der Waals surface area (Å²) >= 11 is 3.25. The van der Waals surface area contributed by atoms with Gasteiger partial charge >= 0.3 is 0 Å². The van der Waals surface area contributed by atoms with Gasteiger partial charge < -0.3 is 21.3 Å². The van der Waals surface area contributed by atoms with Crippen LogP contribution in [0, 0.1) is 0 Å². The van der Waals surface area contributed by atoms with Crippen LogP contribution in [0.1, 0.15) is 10.4 Å². The van der Waals surface area contributed by atoms with E-state index >= 15 is 0 Å². The number of amides is 1. The van der Waals surface area contributed by atoms with Crippen molar-refractivity contribution in [2.45, 2.75) is 0 Å². The summed E-state index contributed by atoms with van der Waals surface area (Å²) in [5.41, 5.74) is 6.67. The Bertz CT molecular complexity index is 644. The molecule has 0 radical (unpaired) electrons. The Morgan fingerprint density at radius 1 is 1.16 bits per heavy atom. The minimum Gasteiger partial charge on any atom is -0.508 e. The number of anilines is 2. The average molecular weight is 323 g/mol. The summed E-state index contributed by atoms with van der Waals surface area (Å²) in [7, 11) is 0. The van der Waals surface area contributed by atoms with Crippen molar-refractivity contribution in [3.8, 4) is 11.5 Å². The van der Waals surface area contributed by atoms with Gasteiger partial charge in [0.15, 0.2) is 0 Å². The largest absolute Gasteiger partial charge is 0.508 e. The highest BCUT2D eigenvalue weighted by Crippen LogP contribution is 2.25. The van der Waals surface area contributed by atoms with Crippen molar-refractivity contribution >= 4 is 33.2 Å². The molecule has 98 valence electrons. The Hall–Kier alpha value is -2.21. The number of carbonyl (C=O) groups is 1. The van der Waals surface area contributed by atoms with Crippen LogP contribution < -0.4 is 11.1 Å². The number of phenols is 2. The van der Waals surface area contributed by atoms with Gasteiger partial charge in [-0.05, 0) is 52.3 Å². The van der Waals surface area contributed by atoms with Crippen LogP contribution in [0.2, 0.25) is 0 Å². The topological polar surface area (TPSA) is 95.6 Å². The number of hydrogen-bond acceptors (Lipinski definition) is 4. The maximum absolute atomic E-state index is 11.9. The van der Waals surface area contributed by atoms with Crippen molar-refractivity contribution in [2.24, 2.45) is 0 Å². The third-order valence-electron chi connectivity index (χ3n) is 2.48. The molecule has 0 spiro atoms. The molecule has 2 aromatic carbocycles. The van der Waals surface area contributed by atoms with Crippen molar-refractivity contribution in [1.29, 1.82) is 0 Å². The van der Waals surface area contributed by atoms with Gasteiger partial charge in [-0.3, -0.25) is 4.79 Å². The van der Waals surface area contributed by atoms with Crippen LogP contribution in [0.15, 0.2) is 40.9 Å². The van der Waals surface area contributed by atoms with E-state index in [-0.39, 0.29) is 17.1 Å². The Balaban J connectivity index is 2.25. The second-order valence-electron chi connectivity index (χ2n) is 3.89. The van der Waals surface area contributed by atoms with E-state index in [1.54, 1.807) is 18.2 Å². The molecule has 0 aromatic heterocycles. The molecule has 2 aromatic rings. The van der Waals surface area contributed by atoms with E-state index in [0.29, 0.717) is 11.4 Å². The van der Waals surface area contributed by atoms with Crippen molar-refractivity contribution in [1.82, 2.24) is 0 Å². The molecular formula is C13H11BrN2O3. The Morgan fingerprint density at radius 2 is 1.89 bits per heavy atom.